The maximum atomic E-state index is 13.7. The molecule has 0 bridgehead atoms. The smallest absolute Gasteiger partial charge is 0.170 e. The third kappa shape index (κ3) is 2.53. The molecule has 2 aromatic rings. The minimum Gasteiger partial charge on any atom is -0.456 e. The molecular formula is C13H15BrFNO. The molecule has 1 unspecified atom stereocenters. The fourth-order valence-electron chi connectivity index (χ4n) is 1.96. The average Bonchev–Trinajstić information content (AvgIpc) is 2.69. The van der Waals surface area contributed by atoms with Crippen molar-refractivity contribution in [1.29, 1.82) is 0 Å². The lowest BCUT2D eigenvalue weighted by molar-refractivity contribution is 0.422. The molecular weight excluding hydrogens is 285 g/mol. The highest BCUT2D eigenvalue weighted by Crippen LogP contribution is 2.29. The highest BCUT2D eigenvalue weighted by atomic mass is 79.9. The van der Waals surface area contributed by atoms with Gasteiger partial charge in [-0.2, -0.15) is 0 Å². The Hall–Kier alpha value is -0.870. The van der Waals surface area contributed by atoms with Crippen LogP contribution in [0.25, 0.3) is 11.0 Å². The molecule has 2 rings (SSSR count). The number of fused-ring (bicyclic) bond motifs is 1. The van der Waals surface area contributed by atoms with Gasteiger partial charge in [-0.05, 0) is 31.2 Å². The summed E-state index contributed by atoms with van der Waals surface area (Å²) in [5.41, 5.74) is 0.333. The van der Waals surface area contributed by atoms with Gasteiger partial charge in [0.15, 0.2) is 11.4 Å². The fourth-order valence-corrected chi connectivity index (χ4v) is 2.41. The Morgan fingerprint density at radius 3 is 2.76 bits per heavy atom. The van der Waals surface area contributed by atoms with E-state index >= 15 is 0 Å². The van der Waals surface area contributed by atoms with Crippen LogP contribution in [0.15, 0.2) is 27.1 Å². The minimum atomic E-state index is -0.327. The lowest BCUT2D eigenvalue weighted by atomic mass is 10.1. The Balaban J connectivity index is 2.46. The van der Waals surface area contributed by atoms with Gasteiger partial charge in [0.1, 0.15) is 5.76 Å². The number of hydrogen-bond donors (Lipinski definition) is 1. The normalized spacial score (nSPS) is 13.2. The molecule has 1 N–H and O–H groups in total. The summed E-state index contributed by atoms with van der Waals surface area (Å²) in [7, 11) is 0. The molecule has 1 heterocycles. The van der Waals surface area contributed by atoms with Crippen LogP contribution in [0.3, 0.4) is 0 Å². The quantitative estimate of drug-likeness (QED) is 0.905. The Kier molecular flexibility index (Phi) is 3.84. The Morgan fingerprint density at radius 1 is 1.35 bits per heavy atom. The van der Waals surface area contributed by atoms with Gasteiger partial charge in [-0.15, -0.1) is 0 Å². The minimum absolute atomic E-state index is 0.144. The van der Waals surface area contributed by atoms with Crippen LogP contribution in [-0.4, -0.2) is 6.54 Å². The van der Waals surface area contributed by atoms with Crippen LogP contribution in [0.1, 0.15) is 32.1 Å². The molecule has 0 radical (unpaired) electrons. The first-order valence-corrected chi connectivity index (χ1v) is 6.56. The van der Waals surface area contributed by atoms with Crippen molar-refractivity contribution in [2.75, 3.05) is 6.54 Å². The van der Waals surface area contributed by atoms with Crippen molar-refractivity contribution < 1.29 is 8.81 Å². The number of hydrogen-bond acceptors (Lipinski definition) is 2. The lowest BCUT2D eigenvalue weighted by Crippen LogP contribution is -2.19. The van der Waals surface area contributed by atoms with E-state index in [0.717, 1.165) is 28.6 Å². The van der Waals surface area contributed by atoms with Gasteiger partial charge in [-0.3, -0.25) is 0 Å². The molecule has 0 spiro atoms. The first-order chi connectivity index (χ1) is 8.15. The summed E-state index contributed by atoms with van der Waals surface area (Å²) >= 11 is 3.28. The molecule has 0 aliphatic heterocycles. The molecule has 0 amide bonds. The van der Waals surface area contributed by atoms with E-state index in [2.05, 4.69) is 28.2 Å². The van der Waals surface area contributed by atoms with E-state index in [1.807, 2.05) is 19.1 Å². The van der Waals surface area contributed by atoms with E-state index in [9.17, 15) is 4.39 Å². The summed E-state index contributed by atoms with van der Waals surface area (Å²) in [5.74, 6) is 0.466. The number of benzene rings is 1. The Bertz CT molecular complexity index is 523. The van der Waals surface area contributed by atoms with Crippen molar-refractivity contribution in [3.8, 4) is 0 Å². The third-order valence-corrected chi connectivity index (χ3v) is 3.21. The summed E-state index contributed by atoms with van der Waals surface area (Å²) in [4.78, 5) is 0. The zero-order chi connectivity index (χ0) is 12.4. The van der Waals surface area contributed by atoms with Gasteiger partial charge in [0.25, 0.3) is 0 Å². The second kappa shape index (κ2) is 5.19. The summed E-state index contributed by atoms with van der Waals surface area (Å²) < 4.78 is 20.0. The molecule has 0 aliphatic carbocycles. The van der Waals surface area contributed by atoms with Gasteiger partial charge in [-0.1, -0.05) is 29.8 Å². The highest BCUT2D eigenvalue weighted by Gasteiger charge is 2.15. The second-order valence-corrected chi connectivity index (χ2v) is 4.89. The molecule has 1 aromatic heterocycles. The van der Waals surface area contributed by atoms with Crippen molar-refractivity contribution >= 4 is 26.9 Å². The van der Waals surface area contributed by atoms with E-state index < -0.39 is 0 Å². The van der Waals surface area contributed by atoms with Gasteiger partial charge in [0.05, 0.1) is 6.04 Å². The SMILES string of the molecule is CCNC(CC)c1cc2cc(Br)cc(F)c2o1. The van der Waals surface area contributed by atoms with E-state index in [4.69, 9.17) is 4.42 Å². The molecule has 17 heavy (non-hydrogen) atoms. The molecule has 2 nitrogen and oxygen atoms in total. The molecule has 0 saturated carbocycles. The standard InChI is InChI=1S/C13H15BrFNO/c1-3-11(16-4-2)12-6-8-5-9(14)7-10(15)13(8)17-12/h5-7,11,16H,3-4H2,1-2H3. The average molecular weight is 300 g/mol. The maximum Gasteiger partial charge on any atom is 0.170 e. The van der Waals surface area contributed by atoms with Crippen molar-refractivity contribution in [2.24, 2.45) is 0 Å². The van der Waals surface area contributed by atoms with Crippen LogP contribution >= 0.6 is 15.9 Å². The predicted octanol–water partition coefficient (Wildman–Crippen LogP) is 4.40. The lowest BCUT2D eigenvalue weighted by Gasteiger charge is -2.11. The van der Waals surface area contributed by atoms with Gasteiger partial charge >= 0.3 is 0 Å². The largest absolute Gasteiger partial charge is 0.456 e. The number of halogens is 2. The zero-order valence-electron chi connectivity index (χ0n) is 9.89. The monoisotopic (exact) mass is 299 g/mol. The summed E-state index contributed by atoms with van der Waals surface area (Å²) in [5, 5.41) is 4.11. The van der Waals surface area contributed by atoms with Crippen LogP contribution < -0.4 is 5.32 Å². The van der Waals surface area contributed by atoms with Crippen molar-refractivity contribution in [3.63, 3.8) is 0 Å². The van der Waals surface area contributed by atoms with Crippen molar-refractivity contribution in [3.05, 3.63) is 34.2 Å². The first kappa shape index (κ1) is 12.6. The number of nitrogens with one attached hydrogen (secondary N) is 1. The molecule has 0 fully saturated rings. The van der Waals surface area contributed by atoms with Crippen LogP contribution in [0, 0.1) is 5.82 Å². The van der Waals surface area contributed by atoms with Gasteiger partial charge in [0, 0.05) is 9.86 Å². The maximum absolute atomic E-state index is 13.7. The first-order valence-electron chi connectivity index (χ1n) is 5.77. The van der Waals surface area contributed by atoms with E-state index in [0.29, 0.717) is 5.58 Å². The summed E-state index contributed by atoms with van der Waals surface area (Å²) in [6.45, 7) is 4.98. The van der Waals surface area contributed by atoms with Gasteiger partial charge < -0.3 is 9.73 Å². The molecule has 0 saturated heterocycles. The topological polar surface area (TPSA) is 25.2 Å². The van der Waals surface area contributed by atoms with Crippen molar-refractivity contribution in [2.45, 2.75) is 26.3 Å². The summed E-state index contributed by atoms with van der Waals surface area (Å²) in [6, 6.07) is 5.33. The molecule has 1 aromatic carbocycles. The van der Waals surface area contributed by atoms with Crippen LogP contribution in [0.4, 0.5) is 4.39 Å². The van der Waals surface area contributed by atoms with E-state index in [-0.39, 0.29) is 11.9 Å². The summed E-state index contributed by atoms with van der Waals surface area (Å²) in [6.07, 6.45) is 0.913. The number of rotatable bonds is 4. The Morgan fingerprint density at radius 2 is 2.12 bits per heavy atom. The van der Waals surface area contributed by atoms with Crippen LogP contribution in [0.2, 0.25) is 0 Å². The zero-order valence-corrected chi connectivity index (χ0v) is 11.5. The fraction of sp³-hybridized carbons (Fsp3) is 0.385. The highest BCUT2D eigenvalue weighted by molar-refractivity contribution is 9.10. The van der Waals surface area contributed by atoms with E-state index in [1.165, 1.54) is 6.07 Å². The van der Waals surface area contributed by atoms with Gasteiger partial charge in [0.2, 0.25) is 0 Å². The van der Waals surface area contributed by atoms with Gasteiger partial charge in [-0.25, -0.2) is 4.39 Å². The Labute approximate surface area is 108 Å². The van der Waals surface area contributed by atoms with E-state index in [1.54, 1.807) is 0 Å². The predicted molar refractivity (Wildman–Crippen MR) is 70.6 cm³/mol. The molecule has 1 atom stereocenters. The molecule has 4 heteroatoms. The second-order valence-electron chi connectivity index (χ2n) is 3.97. The third-order valence-electron chi connectivity index (χ3n) is 2.76. The van der Waals surface area contributed by atoms with Crippen LogP contribution in [0.5, 0.6) is 0 Å². The molecule has 92 valence electrons. The van der Waals surface area contributed by atoms with Crippen molar-refractivity contribution in [1.82, 2.24) is 5.32 Å². The van der Waals surface area contributed by atoms with Crippen LogP contribution in [-0.2, 0) is 0 Å². The molecule has 0 aliphatic rings. The number of furan rings is 1.